The molecule has 0 saturated heterocycles. The third kappa shape index (κ3) is 3.49. The zero-order valence-corrected chi connectivity index (χ0v) is 11.1. The fraction of sp³-hybridized carbons (Fsp3) is 0.417. The molecule has 1 amide bonds. The van der Waals surface area contributed by atoms with Crippen LogP contribution < -0.4 is 0 Å². The highest BCUT2D eigenvalue weighted by Crippen LogP contribution is 2.14. The Morgan fingerprint density at radius 2 is 2.06 bits per heavy atom. The van der Waals surface area contributed by atoms with Crippen molar-refractivity contribution in [2.45, 2.75) is 13.3 Å². The normalized spacial score (nSPS) is 10.4. The maximum Gasteiger partial charge on any atom is 0.256 e. The molecule has 1 aromatic carbocycles. The van der Waals surface area contributed by atoms with Crippen LogP contribution in [0.3, 0.4) is 0 Å². The standard InChI is InChI=1S/C12H14BrF2NO/c1-2-7-16(8-6-13)12(17)9-4-3-5-10(14)11(9)15/h3-5H,2,6-8H2,1H3. The van der Waals surface area contributed by atoms with Crippen LogP contribution in [0.2, 0.25) is 0 Å². The highest BCUT2D eigenvalue weighted by molar-refractivity contribution is 9.09. The maximum absolute atomic E-state index is 13.5. The van der Waals surface area contributed by atoms with Crippen LogP contribution in [0.4, 0.5) is 8.78 Å². The molecule has 0 heterocycles. The van der Waals surface area contributed by atoms with Crippen molar-refractivity contribution in [1.82, 2.24) is 4.90 Å². The van der Waals surface area contributed by atoms with E-state index in [0.29, 0.717) is 18.4 Å². The first kappa shape index (κ1) is 14.1. The number of amides is 1. The Morgan fingerprint density at radius 1 is 1.35 bits per heavy atom. The molecule has 94 valence electrons. The summed E-state index contributed by atoms with van der Waals surface area (Å²) in [5.74, 6) is -2.54. The molecule has 0 N–H and O–H groups in total. The molecular weight excluding hydrogens is 292 g/mol. The molecule has 0 fully saturated rings. The van der Waals surface area contributed by atoms with Crippen molar-refractivity contribution in [3.8, 4) is 0 Å². The van der Waals surface area contributed by atoms with Gasteiger partial charge in [-0.15, -0.1) is 0 Å². The summed E-state index contributed by atoms with van der Waals surface area (Å²) in [5.41, 5.74) is -0.209. The lowest BCUT2D eigenvalue weighted by Crippen LogP contribution is -2.34. The summed E-state index contributed by atoms with van der Waals surface area (Å²) in [5, 5.41) is 0.607. The molecule has 2 nitrogen and oxygen atoms in total. The SMILES string of the molecule is CCCN(CCBr)C(=O)c1cccc(F)c1F. The second kappa shape index (κ2) is 6.69. The first-order valence-corrected chi connectivity index (χ1v) is 6.53. The van der Waals surface area contributed by atoms with E-state index in [9.17, 15) is 13.6 Å². The van der Waals surface area contributed by atoms with E-state index in [-0.39, 0.29) is 5.56 Å². The molecule has 0 aromatic heterocycles. The molecule has 0 aliphatic heterocycles. The predicted molar refractivity (Wildman–Crippen MR) is 66.3 cm³/mol. The van der Waals surface area contributed by atoms with Gasteiger partial charge in [-0.05, 0) is 18.6 Å². The molecule has 0 radical (unpaired) electrons. The first-order chi connectivity index (χ1) is 8.11. The second-order valence-electron chi connectivity index (χ2n) is 3.58. The zero-order chi connectivity index (χ0) is 12.8. The van der Waals surface area contributed by atoms with E-state index in [0.717, 1.165) is 12.5 Å². The van der Waals surface area contributed by atoms with Gasteiger partial charge in [-0.1, -0.05) is 28.9 Å². The number of halogens is 3. The molecule has 0 atom stereocenters. The largest absolute Gasteiger partial charge is 0.338 e. The van der Waals surface area contributed by atoms with Gasteiger partial charge in [-0.3, -0.25) is 4.79 Å². The summed E-state index contributed by atoms with van der Waals surface area (Å²) in [7, 11) is 0. The van der Waals surface area contributed by atoms with Crippen molar-refractivity contribution >= 4 is 21.8 Å². The number of rotatable bonds is 5. The van der Waals surface area contributed by atoms with Gasteiger partial charge in [0.05, 0.1) is 5.56 Å². The van der Waals surface area contributed by atoms with Gasteiger partial charge in [0.15, 0.2) is 11.6 Å². The maximum atomic E-state index is 13.5. The van der Waals surface area contributed by atoms with Gasteiger partial charge < -0.3 is 4.90 Å². The quantitative estimate of drug-likeness (QED) is 0.765. The molecule has 17 heavy (non-hydrogen) atoms. The summed E-state index contributed by atoms with van der Waals surface area (Å²) in [4.78, 5) is 13.5. The van der Waals surface area contributed by atoms with Crippen LogP contribution in [0.15, 0.2) is 18.2 Å². The summed E-state index contributed by atoms with van der Waals surface area (Å²) >= 11 is 3.23. The topological polar surface area (TPSA) is 20.3 Å². The number of benzene rings is 1. The first-order valence-electron chi connectivity index (χ1n) is 5.41. The highest BCUT2D eigenvalue weighted by atomic mass is 79.9. The van der Waals surface area contributed by atoms with Crippen molar-refractivity contribution < 1.29 is 13.6 Å². The number of carbonyl (C=O) groups is 1. The van der Waals surface area contributed by atoms with Gasteiger partial charge in [0.2, 0.25) is 0 Å². The lowest BCUT2D eigenvalue weighted by atomic mass is 10.1. The van der Waals surface area contributed by atoms with E-state index < -0.39 is 17.5 Å². The Morgan fingerprint density at radius 3 is 2.65 bits per heavy atom. The minimum absolute atomic E-state index is 0.209. The van der Waals surface area contributed by atoms with E-state index in [4.69, 9.17) is 0 Å². The van der Waals surface area contributed by atoms with Gasteiger partial charge in [0.1, 0.15) is 0 Å². The molecule has 0 aliphatic carbocycles. The Balaban J connectivity index is 2.96. The van der Waals surface area contributed by atoms with Crippen LogP contribution in [0.5, 0.6) is 0 Å². The number of alkyl halides is 1. The summed E-state index contributed by atoms with van der Waals surface area (Å²) in [6, 6.07) is 3.64. The molecule has 0 spiro atoms. The monoisotopic (exact) mass is 305 g/mol. The third-order valence-electron chi connectivity index (χ3n) is 2.32. The molecule has 0 unspecified atom stereocenters. The average Bonchev–Trinajstić information content (AvgIpc) is 2.31. The molecule has 0 saturated carbocycles. The smallest absolute Gasteiger partial charge is 0.256 e. The van der Waals surface area contributed by atoms with Gasteiger partial charge in [0, 0.05) is 18.4 Å². The Labute approximate surface area is 108 Å². The Kier molecular flexibility index (Phi) is 5.55. The van der Waals surface area contributed by atoms with Crippen LogP contribution in [-0.2, 0) is 0 Å². The molecule has 0 bridgehead atoms. The fourth-order valence-electron chi connectivity index (χ4n) is 1.53. The Hall–Kier alpha value is -0.970. The van der Waals surface area contributed by atoms with Crippen LogP contribution in [0.25, 0.3) is 0 Å². The summed E-state index contributed by atoms with van der Waals surface area (Å²) in [6.45, 7) is 2.93. The number of hydrogen-bond donors (Lipinski definition) is 0. The van der Waals surface area contributed by atoms with Crippen LogP contribution in [0, 0.1) is 11.6 Å². The molecule has 1 rings (SSSR count). The highest BCUT2D eigenvalue weighted by Gasteiger charge is 2.20. The lowest BCUT2D eigenvalue weighted by Gasteiger charge is -2.21. The summed E-state index contributed by atoms with van der Waals surface area (Å²) < 4.78 is 26.5. The fourth-order valence-corrected chi connectivity index (χ4v) is 1.95. The van der Waals surface area contributed by atoms with E-state index >= 15 is 0 Å². The molecular formula is C12H14BrF2NO. The molecule has 0 aliphatic rings. The van der Waals surface area contributed by atoms with E-state index in [1.54, 1.807) is 0 Å². The predicted octanol–water partition coefficient (Wildman–Crippen LogP) is 3.21. The summed E-state index contributed by atoms with van der Waals surface area (Å²) in [6.07, 6.45) is 0.773. The van der Waals surface area contributed by atoms with Gasteiger partial charge >= 0.3 is 0 Å². The average molecular weight is 306 g/mol. The van der Waals surface area contributed by atoms with E-state index in [1.807, 2.05) is 6.92 Å². The van der Waals surface area contributed by atoms with Crippen LogP contribution in [0.1, 0.15) is 23.7 Å². The minimum Gasteiger partial charge on any atom is -0.338 e. The van der Waals surface area contributed by atoms with E-state index in [2.05, 4.69) is 15.9 Å². The molecule has 1 aromatic rings. The lowest BCUT2D eigenvalue weighted by molar-refractivity contribution is 0.0760. The van der Waals surface area contributed by atoms with Crippen LogP contribution in [-0.4, -0.2) is 29.2 Å². The van der Waals surface area contributed by atoms with Crippen molar-refractivity contribution in [2.24, 2.45) is 0 Å². The number of nitrogens with zero attached hydrogens (tertiary/aromatic N) is 1. The third-order valence-corrected chi connectivity index (χ3v) is 2.67. The number of carbonyl (C=O) groups excluding carboxylic acids is 1. The van der Waals surface area contributed by atoms with Crippen molar-refractivity contribution in [3.05, 3.63) is 35.4 Å². The van der Waals surface area contributed by atoms with E-state index in [1.165, 1.54) is 17.0 Å². The van der Waals surface area contributed by atoms with Crippen molar-refractivity contribution in [1.29, 1.82) is 0 Å². The number of hydrogen-bond acceptors (Lipinski definition) is 1. The minimum atomic E-state index is -1.08. The second-order valence-corrected chi connectivity index (χ2v) is 4.38. The zero-order valence-electron chi connectivity index (χ0n) is 9.55. The van der Waals surface area contributed by atoms with Crippen LogP contribution >= 0.6 is 15.9 Å². The van der Waals surface area contributed by atoms with Gasteiger partial charge in [0.25, 0.3) is 5.91 Å². The van der Waals surface area contributed by atoms with Gasteiger partial charge in [-0.2, -0.15) is 0 Å². The Bertz CT molecular complexity index is 392. The van der Waals surface area contributed by atoms with Crippen molar-refractivity contribution in [2.75, 3.05) is 18.4 Å². The molecule has 5 heteroatoms. The van der Waals surface area contributed by atoms with Gasteiger partial charge in [-0.25, -0.2) is 8.78 Å². The van der Waals surface area contributed by atoms with Crippen molar-refractivity contribution in [3.63, 3.8) is 0 Å².